The molecule has 2 fully saturated rings. The van der Waals surface area contributed by atoms with Crippen LogP contribution in [0.2, 0.25) is 0 Å². The Labute approximate surface area is 180 Å². The molecular formula is C22H23N3O5S. The molecule has 1 saturated carbocycles. The molecule has 0 radical (unpaired) electrons. The molecule has 31 heavy (non-hydrogen) atoms. The molecule has 1 aliphatic carbocycles. The predicted octanol–water partition coefficient (Wildman–Crippen LogP) is 2.36. The number of nitrogens with zero attached hydrogens (tertiary/aromatic N) is 1. The molecule has 1 saturated heterocycles. The minimum absolute atomic E-state index is 0.0189. The van der Waals surface area contributed by atoms with Crippen LogP contribution in [0.4, 0.5) is 10.5 Å². The Morgan fingerprint density at radius 2 is 1.71 bits per heavy atom. The number of sulfonamides is 1. The molecule has 2 aliphatic rings. The summed E-state index contributed by atoms with van der Waals surface area (Å²) in [5.74, 6) is 0.0391. The maximum absolute atomic E-state index is 12.9. The van der Waals surface area contributed by atoms with Gasteiger partial charge in [0.1, 0.15) is 6.61 Å². The van der Waals surface area contributed by atoms with Crippen molar-refractivity contribution in [2.24, 2.45) is 11.8 Å². The van der Waals surface area contributed by atoms with Gasteiger partial charge in [-0.2, -0.15) is 4.31 Å². The van der Waals surface area contributed by atoms with Gasteiger partial charge in [0, 0.05) is 24.8 Å². The van der Waals surface area contributed by atoms with E-state index in [0.717, 1.165) is 5.56 Å². The maximum atomic E-state index is 12.9. The van der Waals surface area contributed by atoms with Crippen LogP contribution in [0.25, 0.3) is 0 Å². The van der Waals surface area contributed by atoms with Gasteiger partial charge < -0.3 is 10.1 Å². The number of nitrogens with one attached hydrogen (secondary N) is 2. The van der Waals surface area contributed by atoms with Crippen LogP contribution in [0.1, 0.15) is 5.56 Å². The van der Waals surface area contributed by atoms with Crippen LogP contribution in [0.15, 0.2) is 72.1 Å². The Balaban J connectivity index is 1.30. The first-order chi connectivity index (χ1) is 14.9. The van der Waals surface area contributed by atoms with Gasteiger partial charge in [-0.15, -0.1) is 0 Å². The fraction of sp³-hybridized carbons (Fsp3) is 0.273. The lowest BCUT2D eigenvalue weighted by atomic mass is 10.2. The number of ether oxygens (including phenoxy) is 1. The highest BCUT2D eigenvalue weighted by atomic mass is 32.2. The third-order valence-corrected chi connectivity index (χ3v) is 7.45. The van der Waals surface area contributed by atoms with E-state index in [1.54, 1.807) is 0 Å². The first kappa shape index (κ1) is 21.1. The molecule has 2 atom stereocenters. The highest BCUT2D eigenvalue weighted by molar-refractivity contribution is 7.89. The van der Waals surface area contributed by atoms with Gasteiger partial charge in [0.25, 0.3) is 0 Å². The van der Waals surface area contributed by atoms with E-state index in [1.165, 1.54) is 34.6 Å². The molecule has 1 aliphatic heterocycles. The number of rotatable bonds is 7. The Kier molecular flexibility index (Phi) is 5.79. The largest absolute Gasteiger partial charge is 0.444 e. The zero-order valence-electron chi connectivity index (χ0n) is 16.7. The van der Waals surface area contributed by atoms with Gasteiger partial charge in [0.2, 0.25) is 15.9 Å². The highest BCUT2D eigenvalue weighted by Crippen LogP contribution is 2.47. The van der Waals surface area contributed by atoms with E-state index >= 15 is 0 Å². The minimum Gasteiger partial charge on any atom is -0.444 e. The Morgan fingerprint density at radius 3 is 2.32 bits per heavy atom. The van der Waals surface area contributed by atoms with Gasteiger partial charge in [-0.1, -0.05) is 36.9 Å². The monoisotopic (exact) mass is 441 g/mol. The van der Waals surface area contributed by atoms with E-state index in [0.29, 0.717) is 18.8 Å². The lowest BCUT2D eigenvalue weighted by Gasteiger charge is -2.20. The Bertz CT molecular complexity index is 1070. The summed E-state index contributed by atoms with van der Waals surface area (Å²) in [6, 6.07) is 15.3. The number of hydrogen-bond donors (Lipinski definition) is 2. The van der Waals surface area contributed by atoms with Gasteiger partial charge >= 0.3 is 6.09 Å². The Morgan fingerprint density at radius 1 is 1.06 bits per heavy atom. The summed E-state index contributed by atoms with van der Waals surface area (Å²) in [5, 5.41) is 5.42. The van der Waals surface area contributed by atoms with Gasteiger partial charge in [-0.25, -0.2) is 13.2 Å². The van der Waals surface area contributed by atoms with Crippen LogP contribution in [0.3, 0.4) is 0 Å². The third-order valence-electron chi connectivity index (χ3n) is 5.61. The molecule has 8 nitrogen and oxygen atoms in total. The first-order valence-electron chi connectivity index (χ1n) is 9.89. The van der Waals surface area contributed by atoms with Gasteiger partial charge in [0.15, 0.2) is 0 Å². The van der Waals surface area contributed by atoms with Crippen molar-refractivity contribution in [1.82, 2.24) is 9.62 Å². The summed E-state index contributed by atoms with van der Waals surface area (Å²) in [7, 11) is -3.63. The number of fused-ring (bicyclic) bond motifs is 1. The molecule has 0 spiro atoms. The van der Waals surface area contributed by atoms with Crippen LogP contribution < -0.4 is 10.6 Å². The molecule has 162 valence electrons. The van der Waals surface area contributed by atoms with Crippen molar-refractivity contribution in [2.45, 2.75) is 17.5 Å². The van der Waals surface area contributed by atoms with E-state index in [4.69, 9.17) is 4.74 Å². The van der Waals surface area contributed by atoms with Crippen LogP contribution in [-0.4, -0.2) is 43.9 Å². The number of hydrogen-bond acceptors (Lipinski definition) is 5. The smallest absolute Gasteiger partial charge is 0.411 e. The summed E-state index contributed by atoms with van der Waals surface area (Å²) in [6.07, 6.45) is 0.599. The van der Waals surface area contributed by atoms with E-state index in [9.17, 15) is 18.0 Å². The fourth-order valence-corrected chi connectivity index (χ4v) is 5.37. The molecule has 2 unspecified atom stereocenters. The summed E-state index contributed by atoms with van der Waals surface area (Å²) in [4.78, 5) is 23.5. The molecule has 2 N–H and O–H groups in total. The van der Waals surface area contributed by atoms with Crippen molar-refractivity contribution in [3.8, 4) is 0 Å². The van der Waals surface area contributed by atoms with E-state index < -0.39 is 16.1 Å². The molecule has 1 heterocycles. The van der Waals surface area contributed by atoms with Crippen molar-refractivity contribution < 1.29 is 22.7 Å². The zero-order chi connectivity index (χ0) is 22.0. The predicted molar refractivity (Wildman–Crippen MR) is 115 cm³/mol. The summed E-state index contributed by atoms with van der Waals surface area (Å²) >= 11 is 0. The van der Waals surface area contributed by atoms with Crippen molar-refractivity contribution >= 4 is 27.7 Å². The molecule has 2 amide bonds. The minimum atomic E-state index is -3.63. The summed E-state index contributed by atoms with van der Waals surface area (Å²) in [6.45, 7) is 4.32. The standard InChI is InChI=1S/C22H23N3O5S/c1-2-20(26)24-21-18-12-25(13-19(18)21)31(28,29)17-10-8-16(9-11-17)23-22(27)30-14-15-6-4-3-5-7-15/h2-11,18-19,21H,1,12-14H2,(H,23,27)(H,24,26). The van der Waals surface area contributed by atoms with Crippen molar-refractivity contribution in [3.63, 3.8) is 0 Å². The normalized spacial score (nSPS) is 22.3. The Hall–Kier alpha value is -3.17. The molecule has 2 aromatic carbocycles. The van der Waals surface area contributed by atoms with E-state index in [-0.39, 0.29) is 35.3 Å². The number of piperidine rings is 1. The SMILES string of the molecule is C=CC(=O)NC1C2CN(S(=O)(=O)c3ccc(NC(=O)OCc4ccccc4)cc3)CC21. The van der Waals surface area contributed by atoms with Crippen molar-refractivity contribution in [1.29, 1.82) is 0 Å². The number of carbonyl (C=O) groups excluding carboxylic acids is 2. The molecule has 0 bridgehead atoms. The number of anilines is 1. The second kappa shape index (κ2) is 8.52. The van der Waals surface area contributed by atoms with Crippen LogP contribution in [0.5, 0.6) is 0 Å². The van der Waals surface area contributed by atoms with E-state index in [2.05, 4.69) is 17.2 Å². The summed E-state index contributed by atoms with van der Waals surface area (Å²) < 4.78 is 32.4. The van der Waals surface area contributed by atoms with Crippen molar-refractivity contribution in [3.05, 3.63) is 72.8 Å². The number of carbonyl (C=O) groups is 2. The van der Waals surface area contributed by atoms with Crippen LogP contribution in [-0.2, 0) is 26.2 Å². The number of benzene rings is 2. The molecule has 9 heteroatoms. The highest BCUT2D eigenvalue weighted by Gasteiger charge is 2.58. The first-order valence-corrected chi connectivity index (χ1v) is 11.3. The topological polar surface area (TPSA) is 105 Å². The molecule has 2 aromatic rings. The fourth-order valence-electron chi connectivity index (χ4n) is 3.86. The quantitative estimate of drug-likeness (QED) is 0.642. The second-order valence-electron chi connectivity index (χ2n) is 7.60. The van der Waals surface area contributed by atoms with Crippen molar-refractivity contribution in [2.75, 3.05) is 18.4 Å². The van der Waals surface area contributed by atoms with Gasteiger partial charge in [-0.05, 0) is 47.7 Å². The lowest BCUT2D eigenvalue weighted by Crippen LogP contribution is -2.36. The van der Waals surface area contributed by atoms with Gasteiger partial charge in [-0.3, -0.25) is 10.1 Å². The zero-order valence-corrected chi connectivity index (χ0v) is 17.5. The average molecular weight is 442 g/mol. The number of amides is 2. The third kappa shape index (κ3) is 4.62. The van der Waals surface area contributed by atoms with Crippen LogP contribution >= 0.6 is 0 Å². The van der Waals surface area contributed by atoms with E-state index in [1.807, 2.05) is 30.3 Å². The molecular weight excluding hydrogens is 418 g/mol. The summed E-state index contributed by atoms with van der Waals surface area (Å²) in [5.41, 5.74) is 1.31. The second-order valence-corrected chi connectivity index (χ2v) is 9.54. The van der Waals surface area contributed by atoms with Crippen LogP contribution in [0, 0.1) is 11.8 Å². The maximum Gasteiger partial charge on any atom is 0.411 e. The lowest BCUT2D eigenvalue weighted by molar-refractivity contribution is -0.116. The molecule has 4 rings (SSSR count). The average Bonchev–Trinajstić information content (AvgIpc) is 3.20. The van der Waals surface area contributed by atoms with Gasteiger partial charge in [0.05, 0.1) is 4.90 Å². The molecule has 0 aromatic heterocycles.